The zero-order chi connectivity index (χ0) is 20.3. The number of hydrogen-bond donors (Lipinski definition) is 0. The summed E-state index contributed by atoms with van der Waals surface area (Å²) in [6.07, 6.45) is 6.97. The van der Waals surface area contributed by atoms with Gasteiger partial charge >= 0.3 is 0 Å². The molecular formula is C22H31N5O2. The van der Waals surface area contributed by atoms with Gasteiger partial charge in [0.25, 0.3) is 0 Å². The van der Waals surface area contributed by atoms with Crippen molar-refractivity contribution in [3.63, 3.8) is 0 Å². The monoisotopic (exact) mass is 397 g/mol. The highest BCUT2D eigenvalue weighted by Gasteiger charge is 2.50. The number of aromatic nitrogens is 3. The molecule has 2 saturated heterocycles. The normalized spacial score (nSPS) is 24.6. The predicted molar refractivity (Wildman–Crippen MR) is 110 cm³/mol. The molecule has 4 heterocycles. The van der Waals surface area contributed by atoms with Gasteiger partial charge in [-0.15, -0.1) is 0 Å². The largest absolute Gasteiger partial charge is 0.376 e. The molecule has 29 heavy (non-hydrogen) atoms. The fourth-order valence-electron chi connectivity index (χ4n) is 4.81. The minimum absolute atomic E-state index is 0.144. The Kier molecular flexibility index (Phi) is 5.96. The topological polar surface area (TPSA) is 63.5 Å². The molecule has 7 heteroatoms. The first-order valence-corrected chi connectivity index (χ1v) is 10.5. The van der Waals surface area contributed by atoms with E-state index in [0.717, 1.165) is 57.0 Å². The molecule has 7 nitrogen and oxygen atoms in total. The van der Waals surface area contributed by atoms with Gasteiger partial charge in [0.15, 0.2) is 0 Å². The predicted octanol–water partition coefficient (Wildman–Crippen LogP) is 1.74. The van der Waals surface area contributed by atoms with Gasteiger partial charge in [0.05, 0.1) is 25.3 Å². The van der Waals surface area contributed by atoms with E-state index in [0.29, 0.717) is 18.9 Å². The van der Waals surface area contributed by atoms with Crippen LogP contribution in [-0.4, -0.2) is 69.8 Å². The van der Waals surface area contributed by atoms with E-state index in [-0.39, 0.29) is 11.3 Å². The van der Waals surface area contributed by atoms with Gasteiger partial charge in [0.2, 0.25) is 5.91 Å². The summed E-state index contributed by atoms with van der Waals surface area (Å²) >= 11 is 0. The molecule has 0 N–H and O–H groups in total. The molecule has 4 rings (SSSR count). The quantitative estimate of drug-likeness (QED) is 0.712. The van der Waals surface area contributed by atoms with Gasteiger partial charge in [-0.05, 0) is 30.7 Å². The van der Waals surface area contributed by atoms with Crippen LogP contribution in [0.3, 0.4) is 0 Å². The lowest BCUT2D eigenvalue weighted by atomic mass is 9.77. The molecule has 0 aromatic carbocycles. The first-order valence-electron chi connectivity index (χ1n) is 10.5. The lowest BCUT2D eigenvalue weighted by molar-refractivity contribution is -0.130. The first kappa shape index (κ1) is 20.0. The van der Waals surface area contributed by atoms with Crippen molar-refractivity contribution in [1.82, 2.24) is 24.6 Å². The van der Waals surface area contributed by atoms with Gasteiger partial charge in [-0.1, -0.05) is 13.0 Å². The van der Waals surface area contributed by atoms with Gasteiger partial charge in [0.1, 0.15) is 0 Å². The van der Waals surface area contributed by atoms with E-state index >= 15 is 0 Å². The number of rotatable bonds is 7. The summed E-state index contributed by atoms with van der Waals surface area (Å²) in [7, 11) is 1.88. The van der Waals surface area contributed by atoms with E-state index in [1.165, 1.54) is 0 Å². The maximum absolute atomic E-state index is 12.8. The number of likely N-dealkylation sites (tertiary alicyclic amines) is 2. The average Bonchev–Trinajstić information content (AvgIpc) is 3.43. The standard InChI is InChI=1S/C22H31N5O2/c1-3-26-13-19(15-29-14-18-5-4-8-23-12-18)22(16-26)7-10-27(17-22)21(28)11-20-6-9-25(2)24-20/h4-6,8-9,12,19H,3,7,10-11,13-17H2,1-2H3/t19-,22+/m0/s1. The van der Waals surface area contributed by atoms with E-state index in [4.69, 9.17) is 4.74 Å². The Labute approximate surface area is 172 Å². The van der Waals surface area contributed by atoms with Crippen LogP contribution in [0, 0.1) is 11.3 Å². The molecule has 0 saturated carbocycles. The van der Waals surface area contributed by atoms with Gasteiger partial charge in [-0.25, -0.2) is 0 Å². The van der Waals surface area contributed by atoms with Crippen LogP contribution in [0.1, 0.15) is 24.6 Å². The van der Waals surface area contributed by atoms with Crippen molar-refractivity contribution < 1.29 is 9.53 Å². The number of hydrogen-bond acceptors (Lipinski definition) is 5. The fourth-order valence-corrected chi connectivity index (χ4v) is 4.81. The molecule has 2 aliphatic rings. The SMILES string of the molecule is CCN1C[C@@H](COCc2cccnc2)[C@]2(CCN(C(=O)Cc3ccn(C)n3)C2)C1. The zero-order valence-corrected chi connectivity index (χ0v) is 17.5. The van der Waals surface area contributed by atoms with Gasteiger partial charge in [-0.3, -0.25) is 14.5 Å². The van der Waals surface area contributed by atoms with Crippen LogP contribution in [0.15, 0.2) is 36.8 Å². The molecule has 2 aromatic rings. The summed E-state index contributed by atoms with van der Waals surface area (Å²) < 4.78 is 7.84. The lowest BCUT2D eigenvalue weighted by Crippen LogP contribution is -2.38. The maximum atomic E-state index is 12.8. The maximum Gasteiger partial charge on any atom is 0.228 e. The van der Waals surface area contributed by atoms with Crippen molar-refractivity contribution in [2.75, 3.05) is 39.3 Å². The molecule has 2 aromatic heterocycles. The van der Waals surface area contributed by atoms with E-state index < -0.39 is 0 Å². The summed E-state index contributed by atoms with van der Waals surface area (Å²) in [6.45, 7) is 8.35. The molecule has 2 fully saturated rings. The van der Waals surface area contributed by atoms with Crippen LogP contribution in [0.2, 0.25) is 0 Å². The van der Waals surface area contributed by atoms with Crippen LogP contribution >= 0.6 is 0 Å². The Morgan fingerprint density at radius 3 is 2.97 bits per heavy atom. The Balaban J connectivity index is 1.37. The summed E-state index contributed by atoms with van der Waals surface area (Å²) in [5.74, 6) is 0.636. The number of ether oxygens (including phenoxy) is 1. The fraction of sp³-hybridized carbons (Fsp3) is 0.591. The second-order valence-corrected chi connectivity index (χ2v) is 8.49. The second kappa shape index (κ2) is 8.63. The van der Waals surface area contributed by atoms with Gasteiger partial charge in [0, 0.05) is 63.2 Å². The van der Waals surface area contributed by atoms with Crippen molar-refractivity contribution >= 4 is 5.91 Å². The van der Waals surface area contributed by atoms with Crippen LogP contribution < -0.4 is 0 Å². The summed E-state index contributed by atoms with van der Waals surface area (Å²) in [5, 5.41) is 4.36. The number of nitrogens with zero attached hydrogens (tertiary/aromatic N) is 5. The van der Waals surface area contributed by atoms with Crippen molar-refractivity contribution in [2.45, 2.75) is 26.4 Å². The number of pyridine rings is 1. The zero-order valence-electron chi connectivity index (χ0n) is 17.5. The Hall–Kier alpha value is -2.25. The third-order valence-corrected chi connectivity index (χ3v) is 6.48. The molecule has 0 aliphatic carbocycles. The number of carbonyl (C=O) groups is 1. The van der Waals surface area contributed by atoms with Crippen molar-refractivity contribution in [1.29, 1.82) is 0 Å². The number of carbonyl (C=O) groups excluding carboxylic acids is 1. The van der Waals surface area contributed by atoms with E-state index in [1.807, 2.05) is 42.5 Å². The van der Waals surface area contributed by atoms with E-state index in [1.54, 1.807) is 10.9 Å². The number of amides is 1. The Bertz CT molecular complexity index is 824. The summed E-state index contributed by atoms with van der Waals surface area (Å²) in [4.78, 5) is 21.6. The van der Waals surface area contributed by atoms with Crippen molar-refractivity contribution in [2.24, 2.45) is 18.4 Å². The van der Waals surface area contributed by atoms with Gasteiger partial charge < -0.3 is 14.5 Å². The van der Waals surface area contributed by atoms with Gasteiger partial charge in [-0.2, -0.15) is 5.10 Å². The lowest BCUT2D eigenvalue weighted by Gasteiger charge is -2.30. The number of aryl methyl sites for hydroxylation is 1. The highest BCUT2D eigenvalue weighted by atomic mass is 16.5. The van der Waals surface area contributed by atoms with Crippen LogP contribution in [-0.2, 0) is 29.6 Å². The summed E-state index contributed by atoms with van der Waals surface area (Å²) in [6, 6.07) is 5.91. The minimum atomic E-state index is 0.144. The molecule has 2 aliphatic heterocycles. The summed E-state index contributed by atoms with van der Waals surface area (Å²) in [5.41, 5.74) is 2.09. The first-order chi connectivity index (χ1) is 14.1. The second-order valence-electron chi connectivity index (χ2n) is 8.49. The van der Waals surface area contributed by atoms with E-state index in [9.17, 15) is 4.79 Å². The third-order valence-electron chi connectivity index (χ3n) is 6.48. The highest BCUT2D eigenvalue weighted by molar-refractivity contribution is 5.78. The molecule has 1 spiro atoms. The molecular weight excluding hydrogens is 366 g/mol. The Morgan fingerprint density at radius 2 is 2.24 bits per heavy atom. The molecule has 2 atom stereocenters. The van der Waals surface area contributed by atoms with Crippen LogP contribution in [0.25, 0.3) is 0 Å². The molecule has 156 valence electrons. The average molecular weight is 398 g/mol. The minimum Gasteiger partial charge on any atom is -0.376 e. The van der Waals surface area contributed by atoms with Crippen molar-refractivity contribution in [3.8, 4) is 0 Å². The highest BCUT2D eigenvalue weighted by Crippen LogP contribution is 2.44. The molecule has 0 unspecified atom stereocenters. The van der Waals surface area contributed by atoms with Crippen molar-refractivity contribution in [3.05, 3.63) is 48.0 Å². The third kappa shape index (κ3) is 4.51. The van der Waals surface area contributed by atoms with E-state index in [2.05, 4.69) is 21.9 Å². The van der Waals surface area contributed by atoms with Crippen LogP contribution in [0.5, 0.6) is 0 Å². The molecule has 1 amide bonds. The Morgan fingerprint density at radius 1 is 1.34 bits per heavy atom. The smallest absolute Gasteiger partial charge is 0.228 e. The van der Waals surface area contributed by atoms with Crippen LogP contribution in [0.4, 0.5) is 0 Å². The molecule has 0 radical (unpaired) electrons. The molecule has 0 bridgehead atoms.